The summed E-state index contributed by atoms with van der Waals surface area (Å²) >= 11 is 0. The van der Waals surface area contributed by atoms with Crippen LogP contribution in [0.1, 0.15) is 41.1 Å². The molecule has 4 aromatic rings. The summed E-state index contributed by atoms with van der Waals surface area (Å²) < 4.78 is 3.71. The normalized spacial score (nSPS) is 12.6. The van der Waals surface area contributed by atoms with Crippen molar-refractivity contribution in [2.45, 2.75) is 26.3 Å². The zero-order chi connectivity index (χ0) is 17.4. The van der Waals surface area contributed by atoms with Crippen molar-refractivity contribution in [2.24, 2.45) is 0 Å². The van der Waals surface area contributed by atoms with E-state index in [1.54, 1.807) is 12.4 Å². The maximum Gasteiger partial charge on any atom is 0.272 e. The highest BCUT2D eigenvalue weighted by Gasteiger charge is 2.19. The largest absolute Gasteiger partial charge is 0.342 e. The van der Waals surface area contributed by atoms with E-state index in [-0.39, 0.29) is 11.9 Å². The van der Waals surface area contributed by atoms with Gasteiger partial charge in [0, 0.05) is 31.0 Å². The molecule has 7 heteroatoms. The molecule has 0 radical (unpaired) electrons. The van der Waals surface area contributed by atoms with E-state index in [4.69, 9.17) is 0 Å². The summed E-state index contributed by atoms with van der Waals surface area (Å²) in [4.78, 5) is 25.7. The van der Waals surface area contributed by atoms with E-state index in [1.807, 2.05) is 59.4 Å². The van der Waals surface area contributed by atoms with Gasteiger partial charge in [0.15, 0.2) is 0 Å². The average molecular weight is 334 g/mol. The molecule has 126 valence electrons. The summed E-state index contributed by atoms with van der Waals surface area (Å²) in [6, 6.07) is 5.52. The molecule has 1 amide bonds. The Kier molecular flexibility index (Phi) is 3.68. The van der Waals surface area contributed by atoms with Crippen LogP contribution in [0.5, 0.6) is 0 Å². The SMILES string of the molecule is CCC(NC(=O)c1cn2cc(C)ccc2n1)c1cn2cccnc2n1. The summed E-state index contributed by atoms with van der Waals surface area (Å²) in [6.45, 7) is 4.01. The van der Waals surface area contributed by atoms with E-state index in [1.165, 1.54) is 0 Å². The predicted molar refractivity (Wildman–Crippen MR) is 93.4 cm³/mol. The van der Waals surface area contributed by atoms with Crippen LogP contribution in [-0.4, -0.2) is 29.7 Å². The smallest absolute Gasteiger partial charge is 0.272 e. The molecule has 0 spiro atoms. The molecule has 0 aliphatic carbocycles. The molecule has 1 N–H and O–H groups in total. The highest BCUT2D eigenvalue weighted by Crippen LogP contribution is 2.17. The van der Waals surface area contributed by atoms with Crippen molar-refractivity contribution >= 4 is 17.3 Å². The van der Waals surface area contributed by atoms with Crippen LogP contribution in [0.15, 0.2) is 49.2 Å². The van der Waals surface area contributed by atoms with E-state index < -0.39 is 0 Å². The first-order chi connectivity index (χ1) is 12.1. The van der Waals surface area contributed by atoms with Crippen molar-refractivity contribution in [1.82, 2.24) is 29.1 Å². The minimum absolute atomic E-state index is 0.194. The van der Waals surface area contributed by atoms with Gasteiger partial charge < -0.3 is 9.72 Å². The molecular formula is C18H18N6O. The molecule has 1 atom stereocenters. The lowest BCUT2D eigenvalue weighted by Crippen LogP contribution is -2.28. The van der Waals surface area contributed by atoms with E-state index >= 15 is 0 Å². The average Bonchev–Trinajstić information content (AvgIpc) is 3.22. The van der Waals surface area contributed by atoms with Gasteiger partial charge in [-0.3, -0.25) is 9.20 Å². The fourth-order valence-electron chi connectivity index (χ4n) is 2.85. The third kappa shape index (κ3) is 2.84. The Morgan fingerprint density at radius 2 is 2.08 bits per heavy atom. The molecule has 0 aromatic carbocycles. The van der Waals surface area contributed by atoms with Crippen molar-refractivity contribution in [1.29, 1.82) is 0 Å². The van der Waals surface area contributed by atoms with Crippen molar-refractivity contribution in [3.63, 3.8) is 0 Å². The minimum Gasteiger partial charge on any atom is -0.342 e. The number of carbonyl (C=O) groups is 1. The number of rotatable bonds is 4. The van der Waals surface area contributed by atoms with Crippen LogP contribution in [0.25, 0.3) is 11.4 Å². The number of pyridine rings is 1. The van der Waals surface area contributed by atoms with Gasteiger partial charge in [-0.2, -0.15) is 0 Å². The number of aromatic nitrogens is 5. The van der Waals surface area contributed by atoms with Crippen LogP contribution in [0, 0.1) is 6.92 Å². The predicted octanol–water partition coefficient (Wildman–Crippen LogP) is 2.57. The minimum atomic E-state index is -0.210. The molecule has 4 heterocycles. The van der Waals surface area contributed by atoms with Gasteiger partial charge >= 0.3 is 0 Å². The number of hydrogen-bond acceptors (Lipinski definition) is 4. The Hall–Kier alpha value is -3.22. The molecular weight excluding hydrogens is 316 g/mol. The van der Waals surface area contributed by atoms with Crippen LogP contribution >= 0.6 is 0 Å². The first-order valence-electron chi connectivity index (χ1n) is 8.20. The van der Waals surface area contributed by atoms with Gasteiger partial charge in [0.25, 0.3) is 5.91 Å². The van der Waals surface area contributed by atoms with E-state index in [2.05, 4.69) is 20.3 Å². The van der Waals surface area contributed by atoms with E-state index in [0.29, 0.717) is 11.5 Å². The lowest BCUT2D eigenvalue weighted by molar-refractivity contribution is 0.0930. The summed E-state index contributed by atoms with van der Waals surface area (Å²) in [5, 5.41) is 3.02. The fraction of sp³-hybridized carbons (Fsp3) is 0.222. The standard InChI is InChI=1S/C18H18N6O/c1-3-13(14-10-23-8-4-7-19-18(23)22-14)21-17(25)15-11-24-9-12(2)5-6-16(24)20-15/h4-11,13H,3H2,1-2H3,(H,21,25). The molecule has 0 aliphatic heterocycles. The Bertz CT molecular complexity index is 1030. The third-order valence-electron chi connectivity index (χ3n) is 4.16. The van der Waals surface area contributed by atoms with Gasteiger partial charge in [0.1, 0.15) is 11.3 Å². The van der Waals surface area contributed by atoms with Crippen molar-refractivity contribution in [3.8, 4) is 0 Å². The number of aryl methyl sites for hydroxylation is 1. The van der Waals surface area contributed by atoms with Crippen LogP contribution in [0.2, 0.25) is 0 Å². The maximum atomic E-state index is 12.6. The molecule has 0 fully saturated rings. The van der Waals surface area contributed by atoms with Crippen molar-refractivity contribution in [2.75, 3.05) is 0 Å². The number of carbonyl (C=O) groups excluding carboxylic acids is 1. The number of nitrogens with one attached hydrogen (secondary N) is 1. The highest BCUT2D eigenvalue weighted by molar-refractivity contribution is 5.93. The lowest BCUT2D eigenvalue weighted by Gasteiger charge is -2.13. The van der Waals surface area contributed by atoms with Gasteiger partial charge in [0.2, 0.25) is 5.78 Å². The second-order valence-electron chi connectivity index (χ2n) is 6.03. The summed E-state index contributed by atoms with van der Waals surface area (Å²) in [7, 11) is 0. The quantitative estimate of drug-likeness (QED) is 0.622. The molecule has 0 bridgehead atoms. The molecule has 4 aromatic heterocycles. The second-order valence-corrected chi connectivity index (χ2v) is 6.03. The van der Waals surface area contributed by atoms with Gasteiger partial charge in [-0.15, -0.1) is 0 Å². The van der Waals surface area contributed by atoms with Crippen molar-refractivity contribution in [3.05, 3.63) is 66.1 Å². The van der Waals surface area contributed by atoms with Gasteiger partial charge in [-0.1, -0.05) is 13.0 Å². The van der Waals surface area contributed by atoms with Gasteiger partial charge in [-0.25, -0.2) is 15.0 Å². The number of imidazole rings is 2. The van der Waals surface area contributed by atoms with Crippen molar-refractivity contribution < 1.29 is 4.79 Å². The summed E-state index contributed by atoms with van der Waals surface area (Å²) in [5.41, 5.74) is 3.04. The fourth-order valence-corrected chi connectivity index (χ4v) is 2.85. The highest BCUT2D eigenvalue weighted by atomic mass is 16.2. The molecule has 25 heavy (non-hydrogen) atoms. The molecule has 0 saturated carbocycles. The Balaban J connectivity index is 1.60. The zero-order valence-corrected chi connectivity index (χ0v) is 14.0. The van der Waals surface area contributed by atoms with Gasteiger partial charge in [-0.05, 0) is 31.0 Å². The summed E-state index contributed by atoms with van der Waals surface area (Å²) in [6.07, 6.45) is 9.90. The number of nitrogens with zero attached hydrogens (tertiary/aromatic N) is 5. The molecule has 7 nitrogen and oxygen atoms in total. The number of fused-ring (bicyclic) bond motifs is 2. The zero-order valence-electron chi connectivity index (χ0n) is 14.0. The first-order valence-corrected chi connectivity index (χ1v) is 8.20. The number of amides is 1. The van der Waals surface area contributed by atoms with E-state index in [9.17, 15) is 4.79 Å². The number of hydrogen-bond donors (Lipinski definition) is 1. The Labute approximate surface area is 144 Å². The van der Waals surface area contributed by atoms with E-state index in [0.717, 1.165) is 23.3 Å². The second kappa shape index (κ2) is 6.01. The van der Waals surface area contributed by atoms with Crippen LogP contribution in [0.4, 0.5) is 0 Å². The maximum absolute atomic E-state index is 12.6. The molecule has 0 aliphatic rings. The van der Waals surface area contributed by atoms with Crippen LogP contribution in [-0.2, 0) is 0 Å². The molecule has 4 rings (SSSR count). The molecule has 0 saturated heterocycles. The van der Waals surface area contributed by atoms with Crippen LogP contribution < -0.4 is 5.32 Å². The Morgan fingerprint density at radius 3 is 2.88 bits per heavy atom. The first kappa shape index (κ1) is 15.3. The van der Waals surface area contributed by atoms with Gasteiger partial charge in [0.05, 0.1) is 11.7 Å². The summed E-state index contributed by atoms with van der Waals surface area (Å²) in [5.74, 6) is 0.409. The van der Waals surface area contributed by atoms with Crippen LogP contribution in [0.3, 0.4) is 0 Å². The monoisotopic (exact) mass is 334 g/mol. The molecule has 1 unspecified atom stereocenters. The Morgan fingerprint density at radius 1 is 1.20 bits per heavy atom. The lowest BCUT2D eigenvalue weighted by atomic mass is 10.1. The third-order valence-corrected chi connectivity index (χ3v) is 4.16. The topological polar surface area (TPSA) is 76.6 Å².